The van der Waals surface area contributed by atoms with E-state index in [1.807, 2.05) is 0 Å². The van der Waals surface area contributed by atoms with E-state index in [0.29, 0.717) is 5.56 Å². The number of carbonyl (C=O) groups excluding carboxylic acids is 4. The van der Waals surface area contributed by atoms with Crippen LogP contribution in [-0.4, -0.2) is 51.7 Å². The zero-order chi connectivity index (χ0) is 21.3. The number of fused-ring (bicyclic) bond motifs is 1. The zero-order valence-corrected chi connectivity index (χ0v) is 16.4. The van der Waals surface area contributed by atoms with Crippen molar-refractivity contribution in [1.29, 1.82) is 0 Å². The van der Waals surface area contributed by atoms with Crippen molar-refractivity contribution in [3.8, 4) is 0 Å². The average molecular weight is 401 g/mol. The van der Waals surface area contributed by atoms with Crippen LogP contribution in [0.25, 0.3) is 6.08 Å². The summed E-state index contributed by atoms with van der Waals surface area (Å²) in [4.78, 5) is 49.9. The summed E-state index contributed by atoms with van der Waals surface area (Å²) in [5.74, 6) is -1.41. The Bertz CT molecular complexity index is 902. The molecule has 4 amide bonds. The molecule has 2 unspecified atom stereocenters. The number of ether oxygens (including phenoxy) is 1. The Morgan fingerprint density at radius 1 is 1.28 bits per heavy atom. The third kappa shape index (κ3) is 4.29. The first-order valence-electron chi connectivity index (χ1n) is 9.23. The Kier molecular flexibility index (Phi) is 5.43. The molecule has 1 aromatic carbocycles. The Morgan fingerprint density at radius 3 is 2.66 bits per heavy atom. The summed E-state index contributed by atoms with van der Waals surface area (Å²) in [5, 5.41) is 14.9. The summed E-state index contributed by atoms with van der Waals surface area (Å²) in [6.07, 6.45) is 1.17. The van der Waals surface area contributed by atoms with E-state index in [9.17, 15) is 24.3 Å². The molecule has 1 saturated heterocycles. The molecule has 29 heavy (non-hydrogen) atoms. The standard InChI is InChI=1S/C20H23N3O6/c1-20(2,3)29-19(28)21-10-9-11-5-4-6-12-15(11)18(27)23(17(12)26)13-7-8-14(24)22-16(13)25/h4-6,9-10,13,16,25H,7-8H2,1-3H3,(H,21,28)(H,22,24)/b10-9+. The molecule has 0 saturated carbocycles. The minimum Gasteiger partial charge on any atom is -0.444 e. The van der Waals surface area contributed by atoms with Crippen molar-refractivity contribution in [3.63, 3.8) is 0 Å². The van der Waals surface area contributed by atoms with Gasteiger partial charge in [0.1, 0.15) is 11.8 Å². The molecule has 1 aromatic rings. The van der Waals surface area contributed by atoms with Gasteiger partial charge in [0.25, 0.3) is 11.8 Å². The lowest BCUT2D eigenvalue weighted by Crippen LogP contribution is -2.57. The van der Waals surface area contributed by atoms with Gasteiger partial charge in [0.2, 0.25) is 5.91 Å². The number of benzene rings is 1. The highest BCUT2D eigenvalue weighted by molar-refractivity contribution is 6.23. The topological polar surface area (TPSA) is 125 Å². The van der Waals surface area contributed by atoms with Gasteiger partial charge in [-0.25, -0.2) is 4.79 Å². The molecule has 3 N–H and O–H groups in total. The third-order valence-electron chi connectivity index (χ3n) is 4.51. The van der Waals surface area contributed by atoms with Gasteiger partial charge in [-0.05, 0) is 44.9 Å². The van der Waals surface area contributed by atoms with Crippen LogP contribution in [0.15, 0.2) is 24.4 Å². The maximum Gasteiger partial charge on any atom is 0.411 e. The van der Waals surface area contributed by atoms with E-state index in [0.717, 1.165) is 4.90 Å². The summed E-state index contributed by atoms with van der Waals surface area (Å²) in [5.41, 5.74) is 0.182. The maximum atomic E-state index is 13.0. The van der Waals surface area contributed by atoms with Crippen LogP contribution >= 0.6 is 0 Å². The van der Waals surface area contributed by atoms with E-state index in [1.165, 1.54) is 18.3 Å². The van der Waals surface area contributed by atoms with E-state index in [4.69, 9.17) is 4.74 Å². The molecule has 0 aromatic heterocycles. The third-order valence-corrected chi connectivity index (χ3v) is 4.51. The smallest absolute Gasteiger partial charge is 0.411 e. The van der Waals surface area contributed by atoms with Gasteiger partial charge in [0.05, 0.1) is 17.2 Å². The lowest BCUT2D eigenvalue weighted by Gasteiger charge is -2.33. The number of alkyl carbamates (subject to hydrolysis) is 1. The number of nitrogens with one attached hydrogen (secondary N) is 2. The first-order valence-corrected chi connectivity index (χ1v) is 9.23. The highest BCUT2D eigenvalue weighted by atomic mass is 16.6. The van der Waals surface area contributed by atoms with Crippen molar-refractivity contribution in [2.24, 2.45) is 0 Å². The van der Waals surface area contributed by atoms with Crippen LogP contribution in [0.1, 0.15) is 59.9 Å². The van der Waals surface area contributed by atoms with E-state index >= 15 is 0 Å². The number of piperidine rings is 1. The molecule has 9 heteroatoms. The number of hydrogen-bond donors (Lipinski definition) is 3. The quantitative estimate of drug-likeness (QED) is 0.657. The predicted molar refractivity (Wildman–Crippen MR) is 103 cm³/mol. The van der Waals surface area contributed by atoms with Crippen LogP contribution in [0.5, 0.6) is 0 Å². The normalized spacial score (nSPS) is 21.9. The molecule has 0 aliphatic carbocycles. The van der Waals surface area contributed by atoms with Crippen molar-refractivity contribution < 1.29 is 29.0 Å². The zero-order valence-electron chi connectivity index (χ0n) is 16.4. The van der Waals surface area contributed by atoms with Crippen molar-refractivity contribution >= 4 is 29.9 Å². The number of aliphatic hydroxyl groups is 1. The van der Waals surface area contributed by atoms with Gasteiger partial charge in [0, 0.05) is 12.6 Å². The van der Waals surface area contributed by atoms with Crippen LogP contribution in [0.2, 0.25) is 0 Å². The van der Waals surface area contributed by atoms with E-state index < -0.39 is 35.8 Å². The van der Waals surface area contributed by atoms with Crippen molar-refractivity contribution in [2.45, 2.75) is 51.5 Å². The fourth-order valence-electron chi connectivity index (χ4n) is 3.32. The average Bonchev–Trinajstić information content (AvgIpc) is 2.86. The predicted octanol–water partition coefficient (Wildman–Crippen LogP) is 1.37. The van der Waals surface area contributed by atoms with Crippen molar-refractivity contribution in [3.05, 3.63) is 41.1 Å². The summed E-state index contributed by atoms with van der Waals surface area (Å²) >= 11 is 0. The number of hydrogen-bond acceptors (Lipinski definition) is 6. The molecule has 0 radical (unpaired) electrons. The molecule has 0 bridgehead atoms. The number of aliphatic hydroxyl groups excluding tert-OH is 1. The van der Waals surface area contributed by atoms with Gasteiger partial charge in [0.15, 0.2) is 0 Å². The van der Waals surface area contributed by atoms with Crippen LogP contribution in [-0.2, 0) is 9.53 Å². The van der Waals surface area contributed by atoms with Crippen LogP contribution in [0, 0.1) is 0 Å². The molecular weight excluding hydrogens is 378 g/mol. The molecule has 1 fully saturated rings. The SMILES string of the molecule is CC(C)(C)OC(=O)N/C=C/c1cccc2c1C(=O)N(C1CCC(=O)NC1O)C2=O. The lowest BCUT2D eigenvalue weighted by molar-refractivity contribution is -0.129. The molecule has 9 nitrogen and oxygen atoms in total. The fraction of sp³-hybridized carbons (Fsp3) is 0.400. The van der Waals surface area contributed by atoms with Gasteiger partial charge < -0.3 is 15.2 Å². The highest BCUT2D eigenvalue weighted by Gasteiger charge is 2.45. The number of rotatable bonds is 3. The van der Waals surface area contributed by atoms with E-state index in [2.05, 4.69) is 10.6 Å². The Labute approximate surface area is 167 Å². The Balaban J connectivity index is 1.81. The number of imide groups is 1. The summed E-state index contributed by atoms with van der Waals surface area (Å²) in [6.45, 7) is 5.21. The van der Waals surface area contributed by atoms with Gasteiger partial charge in [-0.15, -0.1) is 0 Å². The first-order chi connectivity index (χ1) is 13.6. The monoisotopic (exact) mass is 401 g/mol. The second kappa shape index (κ2) is 7.67. The second-order valence-electron chi connectivity index (χ2n) is 7.85. The molecule has 2 aliphatic rings. The Morgan fingerprint density at radius 2 is 2.00 bits per heavy atom. The summed E-state index contributed by atoms with van der Waals surface area (Å²) in [7, 11) is 0. The van der Waals surface area contributed by atoms with Crippen LogP contribution < -0.4 is 10.6 Å². The summed E-state index contributed by atoms with van der Waals surface area (Å²) in [6, 6.07) is 3.96. The number of amides is 4. The summed E-state index contributed by atoms with van der Waals surface area (Å²) < 4.78 is 5.13. The molecule has 3 rings (SSSR count). The van der Waals surface area contributed by atoms with Crippen LogP contribution in [0.4, 0.5) is 4.79 Å². The molecule has 2 aliphatic heterocycles. The molecule has 0 spiro atoms. The highest BCUT2D eigenvalue weighted by Crippen LogP contribution is 2.31. The maximum absolute atomic E-state index is 13.0. The minimum atomic E-state index is -1.31. The van der Waals surface area contributed by atoms with Crippen molar-refractivity contribution in [2.75, 3.05) is 0 Å². The van der Waals surface area contributed by atoms with Crippen LogP contribution in [0.3, 0.4) is 0 Å². The lowest BCUT2D eigenvalue weighted by atomic mass is 10.0. The molecule has 154 valence electrons. The van der Waals surface area contributed by atoms with Crippen molar-refractivity contribution in [1.82, 2.24) is 15.5 Å². The second-order valence-corrected chi connectivity index (χ2v) is 7.85. The van der Waals surface area contributed by atoms with Gasteiger partial charge in [-0.3, -0.25) is 24.6 Å². The molecular formula is C20H23N3O6. The van der Waals surface area contributed by atoms with E-state index in [1.54, 1.807) is 32.9 Å². The fourth-order valence-corrected chi connectivity index (χ4v) is 3.32. The largest absolute Gasteiger partial charge is 0.444 e. The Hall–Kier alpha value is -3.20. The van der Waals surface area contributed by atoms with E-state index in [-0.39, 0.29) is 29.9 Å². The molecule has 2 heterocycles. The first kappa shape index (κ1) is 20.5. The number of nitrogens with zero attached hydrogens (tertiary/aromatic N) is 1. The van der Waals surface area contributed by atoms with Gasteiger partial charge in [-0.1, -0.05) is 12.1 Å². The van der Waals surface area contributed by atoms with Gasteiger partial charge in [-0.2, -0.15) is 0 Å². The van der Waals surface area contributed by atoms with Gasteiger partial charge >= 0.3 is 6.09 Å². The minimum absolute atomic E-state index is 0.113. The molecule has 2 atom stereocenters. The number of carbonyl (C=O) groups is 4.